The number of nitrogens with one attached hydrogen (secondary N) is 1. The number of rotatable bonds is 6. The van der Waals surface area contributed by atoms with Crippen LogP contribution in [0.1, 0.15) is 35.3 Å². The van der Waals surface area contributed by atoms with Gasteiger partial charge in [-0.2, -0.15) is 0 Å². The van der Waals surface area contributed by atoms with Crippen LogP contribution in [0.2, 0.25) is 0 Å². The summed E-state index contributed by atoms with van der Waals surface area (Å²) in [5.41, 5.74) is 1.27. The van der Waals surface area contributed by atoms with Gasteiger partial charge in [0.05, 0.1) is 10.7 Å². The smallest absolute Gasteiger partial charge is 0.232 e. The summed E-state index contributed by atoms with van der Waals surface area (Å²) in [6.45, 7) is 2.41. The first-order valence-corrected chi connectivity index (χ1v) is 9.08. The summed E-state index contributed by atoms with van der Waals surface area (Å²) >= 11 is 1.78. The van der Waals surface area contributed by atoms with Gasteiger partial charge < -0.3 is 5.32 Å². The minimum absolute atomic E-state index is 0.116. The first-order chi connectivity index (χ1) is 9.19. The Kier molecular flexibility index (Phi) is 5.51. The topological polar surface area (TPSA) is 59.1 Å². The van der Waals surface area contributed by atoms with Gasteiger partial charge in [0.1, 0.15) is 5.75 Å². The third kappa shape index (κ3) is 4.38. The van der Waals surface area contributed by atoms with Crippen molar-refractivity contribution >= 4 is 28.0 Å². The van der Waals surface area contributed by atoms with Crippen molar-refractivity contribution in [3.05, 3.63) is 15.6 Å². The van der Waals surface area contributed by atoms with E-state index < -0.39 is 10.8 Å². The van der Waals surface area contributed by atoms with E-state index in [1.165, 1.54) is 23.4 Å². The molecule has 1 aliphatic rings. The fourth-order valence-corrected chi connectivity index (χ4v) is 3.88. The SMILES string of the molecule is CCS(=O)CC(=O)NCCc1nc2c(s1)CCCC2. The maximum Gasteiger partial charge on any atom is 0.232 e. The number of amides is 1. The number of carbonyl (C=O) groups is 1. The van der Waals surface area contributed by atoms with Crippen molar-refractivity contribution in [1.29, 1.82) is 0 Å². The molecule has 1 unspecified atom stereocenters. The zero-order valence-electron chi connectivity index (χ0n) is 11.2. The van der Waals surface area contributed by atoms with E-state index >= 15 is 0 Å². The highest BCUT2D eigenvalue weighted by Crippen LogP contribution is 2.26. The van der Waals surface area contributed by atoms with Gasteiger partial charge in [-0.15, -0.1) is 11.3 Å². The normalized spacial score (nSPS) is 15.8. The van der Waals surface area contributed by atoms with Gasteiger partial charge in [-0.25, -0.2) is 4.98 Å². The highest BCUT2D eigenvalue weighted by molar-refractivity contribution is 7.85. The third-order valence-corrected chi connectivity index (χ3v) is 5.61. The highest BCUT2D eigenvalue weighted by Gasteiger charge is 2.15. The van der Waals surface area contributed by atoms with Crippen LogP contribution in [0.4, 0.5) is 0 Å². The molecule has 2 rings (SSSR count). The molecule has 6 heteroatoms. The summed E-state index contributed by atoms with van der Waals surface area (Å²) < 4.78 is 11.2. The molecule has 0 saturated carbocycles. The minimum atomic E-state index is -1.02. The first-order valence-electron chi connectivity index (χ1n) is 6.78. The lowest BCUT2D eigenvalue weighted by Gasteiger charge is -2.06. The van der Waals surface area contributed by atoms with Gasteiger partial charge >= 0.3 is 0 Å². The van der Waals surface area contributed by atoms with Crippen LogP contribution in [0.25, 0.3) is 0 Å². The molecule has 19 heavy (non-hydrogen) atoms. The van der Waals surface area contributed by atoms with Crippen LogP contribution in [0, 0.1) is 0 Å². The van der Waals surface area contributed by atoms with Gasteiger partial charge in [-0.3, -0.25) is 9.00 Å². The molecule has 0 fully saturated rings. The van der Waals surface area contributed by atoms with E-state index in [0.29, 0.717) is 12.3 Å². The van der Waals surface area contributed by atoms with Crippen molar-refractivity contribution in [2.75, 3.05) is 18.1 Å². The van der Waals surface area contributed by atoms with Gasteiger partial charge in [0.15, 0.2) is 0 Å². The standard InChI is InChI=1S/C13H20N2O2S2/c1-2-19(17)9-12(16)14-8-7-13-15-10-5-3-4-6-11(10)18-13/h2-9H2,1H3,(H,14,16). The molecule has 1 amide bonds. The Hall–Kier alpha value is -0.750. The fraction of sp³-hybridized carbons (Fsp3) is 0.692. The van der Waals surface area contributed by atoms with Crippen molar-refractivity contribution in [3.8, 4) is 0 Å². The average Bonchev–Trinajstić information content (AvgIpc) is 2.81. The molecule has 1 heterocycles. The minimum Gasteiger partial charge on any atom is -0.355 e. The molecule has 0 radical (unpaired) electrons. The van der Waals surface area contributed by atoms with E-state index in [4.69, 9.17) is 0 Å². The molecule has 1 aromatic rings. The lowest BCUT2D eigenvalue weighted by Crippen LogP contribution is -2.30. The predicted molar refractivity (Wildman–Crippen MR) is 79.0 cm³/mol. The second kappa shape index (κ2) is 7.14. The number of aryl methyl sites for hydroxylation is 2. The van der Waals surface area contributed by atoms with E-state index in [2.05, 4.69) is 10.3 Å². The molecule has 106 valence electrons. The molecular weight excluding hydrogens is 280 g/mol. The van der Waals surface area contributed by atoms with Crippen LogP contribution >= 0.6 is 11.3 Å². The van der Waals surface area contributed by atoms with Crippen LogP contribution in [-0.4, -0.2) is 33.2 Å². The van der Waals surface area contributed by atoms with Crippen LogP contribution in [-0.2, 0) is 34.9 Å². The Morgan fingerprint density at radius 3 is 2.95 bits per heavy atom. The number of fused-ring (bicyclic) bond motifs is 1. The van der Waals surface area contributed by atoms with Crippen LogP contribution in [0.15, 0.2) is 0 Å². The Morgan fingerprint density at radius 1 is 1.42 bits per heavy atom. The van der Waals surface area contributed by atoms with E-state index in [-0.39, 0.29) is 11.7 Å². The van der Waals surface area contributed by atoms with Gasteiger partial charge in [-0.05, 0) is 25.7 Å². The third-order valence-electron chi connectivity index (χ3n) is 3.17. The molecule has 1 atom stereocenters. The Morgan fingerprint density at radius 2 is 2.21 bits per heavy atom. The fourth-order valence-electron chi connectivity index (χ4n) is 2.12. The van der Waals surface area contributed by atoms with Crippen molar-refractivity contribution in [1.82, 2.24) is 10.3 Å². The second-order valence-electron chi connectivity index (χ2n) is 4.66. The Balaban J connectivity index is 1.75. The molecule has 0 aliphatic heterocycles. The monoisotopic (exact) mass is 300 g/mol. The van der Waals surface area contributed by atoms with E-state index in [1.54, 1.807) is 11.3 Å². The molecule has 1 aromatic heterocycles. The molecular formula is C13H20N2O2S2. The highest BCUT2D eigenvalue weighted by atomic mass is 32.2. The van der Waals surface area contributed by atoms with Gasteiger partial charge in [0.2, 0.25) is 5.91 Å². The molecule has 0 spiro atoms. The van der Waals surface area contributed by atoms with Crippen LogP contribution in [0.5, 0.6) is 0 Å². The number of nitrogens with zero attached hydrogens (tertiary/aromatic N) is 1. The Bertz CT molecular complexity index is 448. The van der Waals surface area contributed by atoms with Crippen molar-refractivity contribution in [2.24, 2.45) is 0 Å². The summed E-state index contributed by atoms with van der Waals surface area (Å²) in [5, 5.41) is 3.93. The summed E-state index contributed by atoms with van der Waals surface area (Å²) in [5.74, 6) is 0.527. The quantitative estimate of drug-likeness (QED) is 0.865. The number of hydrogen-bond acceptors (Lipinski definition) is 4. The lowest BCUT2D eigenvalue weighted by atomic mass is 10.0. The lowest BCUT2D eigenvalue weighted by molar-refractivity contribution is -0.118. The summed E-state index contributed by atoms with van der Waals surface area (Å²) in [4.78, 5) is 17.5. The zero-order valence-corrected chi connectivity index (χ0v) is 12.9. The summed E-state index contributed by atoms with van der Waals surface area (Å²) in [6, 6.07) is 0. The average molecular weight is 300 g/mol. The molecule has 0 bridgehead atoms. The van der Waals surface area contributed by atoms with Crippen LogP contribution in [0.3, 0.4) is 0 Å². The van der Waals surface area contributed by atoms with Gasteiger partial charge in [0, 0.05) is 34.4 Å². The van der Waals surface area contributed by atoms with Gasteiger partial charge in [0.25, 0.3) is 0 Å². The van der Waals surface area contributed by atoms with Gasteiger partial charge in [-0.1, -0.05) is 6.92 Å². The van der Waals surface area contributed by atoms with Crippen molar-refractivity contribution < 1.29 is 9.00 Å². The van der Waals surface area contributed by atoms with E-state index in [9.17, 15) is 9.00 Å². The maximum absolute atomic E-state index is 11.5. The molecule has 0 saturated heterocycles. The molecule has 1 aliphatic carbocycles. The summed E-state index contributed by atoms with van der Waals surface area (Å²) in [6.07, 6.45) is 5.56. The predicted octanol–water partition coefficient (Wildman–Crippen LogP) is 1.45. The number of carbonyl (C=O) groups excluding carboxylic acids is 1. The molecule has 4 nitrogen and oxygen atoms in total. The summed E-state index contributed by atoms with van der Waals surface area (Å²) in [7, 11) is -1.02. The molecule has 0 aromatic carbocycles. The number of hydrogen-bond donors (Lipinski definition) is 1. The Labute approximate surface area is 120 Å². The number of aromatic nitrogens is 1. The van der Waals surface area contributed by atoms with E-state index in [0.717, 1.165) is 24.3 Å². The second-order valence-corrected chi connectivity index (χ2v) is 7.57. The van der Waals surface area contributed by atoms with Crippen molar-refractivity contribution in [2.45, 2.75) is 39.0 Å². The zero-order chi connectivity index (χ0) is 13.7. The molecule has 1 N–H and O–H groups in total. The largest absolute Gasteiger partial charge is 0.355 e. The first kappa shape index (κ1) is 14.7. The van der Waals surface area contributed by atoms with Crippen LogP contribution < -0.4 is 5.32 Å². The van der Waals surface area contributed by atoms with E-state index in [1.807, 2.05) is 6.92 Å². The maximum atomic E-state index is 11.5. The van der Waals surface area contributed by atoms with Crippen molar-refractivity contribution in [3.63, 3.8) is 0 Å². The number of thiazole rings is 1.